The Hall–Kier alpha value is -2.93. The van der Waals surface area contributed by atoms with Gasteiger partial charge in [-0.2, -0.15) is 0 Å². The van der Waals surface area contributed by atoms with E-state index in [1.165, 1.54) is 38.7 Å². The molecule has 0 aliphatic heterocycles. The molecule has 0 aliphatic carbocycles. The maximum absolute atomic E-state index is 11.7. The number of amides is 2. The third-order valence-corrected chi connectivity index (χ3v) is 3.21. The Bertz CT molecular complexity index is 756. The third kappa shape index (κ3) is 4.30. The molecule has 2 rings (SSSR count). The number of ether oxygens (including phenoxy) is 2. The first kappa shape index (κ1) is 17.4. The normalized spacial score (nSPS) is 10.5. The predicted octanol–water partition coefficient (Wildman–Crippen LogP) is 2.42. The summed E-state index contributed by atoms with van der Waals surface area (Å²) in [6.07, 6.45) is 4.11. The van der Waals surface area contributed by atoms with E-state index in [1.807, 2.05) is 0 Å². The average Bonchev–Trinajstić information content (AvgIpc) is 3.11. The number of rotatable bonds is 5. The molecule has 0 radical (unpaired) electrons. The minimum Gasteiger partial charge on any atom is -0.493 e. The van der Waals surface area contributed by atoms with E-state index >= 15 is 0 Å². The zero-order chi connectivity index (χ0) is 17.5. The molecule has 2 N–H and O–H groups in total. The summed E-state index contributed by atoms with van der Waals surface area (Å²) in [4.78, 5) is 23.3. The smallest absolute Gasteiger partial charge is 0.305 e. The minimum absolute atomic E-state index is 0.0888. The molecule has 0 saturated heterocycles. The van der Waals surface area contributed by atoms with Crippen LogP contribution in [0.2, 0.25) is 5.02 Å². The maximum Gasteiger partial charge on any atom is 0.305 e. The Morgan fingerprint density at radius 1 is 1.21 bits per heavy atom. The predicted molar refractivity (Wildman–Crippen MR) is 87.9 cm³/mol. The van der Waals surface area contributed by atoms with Crippen LogP contribution in [0.5, 0.6) is 11.5 Å². The summed E-state index contributed by atoms with van der Waals surface area (Å²) in [7, 11) is 2.97. The second kappa shape index (κ2) is 8.07. The summed E-state index contributed by atoms with van der Waals surface area (Å²) in [5.74, 6) is -0.148. The molecule has 0 aliphatic rings. The van der Waals surface area contributed by atoms with Gasteiger partial charge in [0, 0.05) is 6.08 Å². The molecule has 8 heteroatoms. The molecule has 1 aromatic carbocycles. The highest BCUT2D eigenvalue weighted by Gasteiger charge is 2.10. The van der Waals surface area contributed by atoms with Gasteiger partial charge in [0.15, 0.2) is 17.3 Å². The van der Waals surface area contributed by atoms with Crippen molar-refractivity contribution in [3.05, 3.63) is 53.0 Å². The molecular formula is C16H15ClN2O5. The fraction of sp³-hybridized carbons (Fsp3) is 0.125. The van der Waals surface area contributed by atoms with Crippen LogP contribution in [-0.2, 0) is 4.79 Å². The van der Waals surface area contributed by atoms with Crippen molar-refractivity contribution in [2.24, 2.45) is 0 Å². The molecule has 0 saturated carbocycles. The highest BCUT2D eigenvalue weighted by atomic mass is 35.5. The van der Waals surface area contributed by atoms with Gasteiger partial charge in [-0.15, -0.1) is 0 Å². The standard InChI is InChI=1S/C16H15ClN2O5/c1-22-13-9-10(8-11(17)15(13)23-2)5-6-14(20)18-19-16(21)12-4-3-7-24-12/h3-9H,1-2H3,(H,18,20)(H,19,21)/b6-5+. The van der Waals surface area contributed by atoms with Gasteiger partial charge in [-0.1, -0.05) is 11.6 Å². The van der Waals surface area contributed by atoms with Gasteiger partial charge in [0.2, 0.25) is 0 Å². The van der Waals surface area contributed by atoms with E-state index in [4.69, 9.17) is 25.5 Å². The fourth-order valence-corrected chi connectivity index (χ4v) is 2.13. The van der Waals surface area contributed by atoms with Crippen LogP contribution in [0.1, 0.15) is 16.1 Å². The van der Waals surface area contributed by atoms with Gasteiger partial charge >= 0.3 is 5.91 Å². The largest absolute Gasteiger partial charge is 0.493 e. The van der Waals surface area contributed by atoms with E-state index in [0.29, 0.717) is 22.1 Å². The molecule has 2 aromatic rings. The average molecular weight is 351 g/mol. The monoisotopic (exact) mass is 350 g/mol. The zero-order valence-electron chi connectivity index (χ0n) is 13.0. The lowest BCUT2D eigenvalue weighted by Gasteiger charge is -2.10. The van der Waals surface area contributed by atoms with E-state index in [2.05, 4.69) is 10.9 Å². The van der Waals surface area contributed by atoms with Crippen molar-refractivity contribution in [3.63, 3.8) is 0 Å². The van der Waals surface area contributed by atoms with Crippen molar-refractivity contribution in [2.45, 2.75) is 0 Å². The molecule has 7 nitrogen and oxygen atoms in total. The number of nitrogens with one attached hydrogen (secondary N) is 2. The molecular weight excluding hydrogens is 336 g/mol. The van der Waals surface area contributed by atoms with Gasteiger partial charge in [-0.05, 0) is 35.9 Å². The molecule has 0 atom stereocenters. The van der Waals surface area contributed by atoms with Crippen molar-refractivity contribution in [1.29, 1.82) is 0 Å². The summed E-state index contributed by atoms with van der Waals surface area (Å²) in [5, 5.41) is 0.350. The summed E-state index contributed by atoms with van der Waals surface area (Å²) >= 11 is 6.08. The van der Waals surface area contributed by atoms with Gasteiger partial charge in [0.25, 0.3) is 5.91 Å². The van der Waals surface area contributed by atoms with E-state index in [1.54, 1.807) is 18.2 Å². The Morgan fingerprint density at radius 2 is 2.00 bits per heavy atom. The van der Waals surface area contributed by atoms with Gasteiger partial charge in [-0.3, -0.25) is 20.4 Å². The van der Waals surface area contributed by atoms with Crippen molar-refractivity contribution in [3.8, 4) is 11.5 Å². The SMILES string of the molecule is COc1cc(/C=C/C(=O)NNC(=O)c2ccco2)cc(Cl)c1OC. The second-order valence-corrected chi connectivity index (χ2v) is 4.90. The quantitative estimate of drug-likeness (QED) is 0.638. The molecule has 2 amide bonds. The second-order valence-electron chi connectivity index (χ2n) is 4.49. The zero-order valence-corrected chi connectivity index (χ0v) is 13.7. The number of hydrazine groups is 1. The highest BCUT2D eigenvalue weighted by Crippen LogP contribution is 2.36. The molecule has 1 aromatic heterocycles. The Kier molecular flexibility index (Phi) is 5.86. The summed E-state index contributed by atoms with van der Waals surface area (Å²) in [6, 6.07) is 6.32. The highest BCUT2D eigenvalue weighted by molar-refractivity contribution is 6.32. The number of hydrogen-bond donors (Lipinski definition) is 2. The number of benzene rings is 1. The maximum atomic E-state index is 11.7. The topological polar surface area (TPSA) is 89.8 Å². The first-order valence-electron chi connectivity index (χ1n) is 6.78. The Morgan fingerprint density at radius 3 is 2.62 bits per heavy atom. The Balaban J connectivity index is 1.98. The van der Waals surface area contributed by atoms with Crippen LogP contribution in [-0.4, -0.2) is 26.0 Å². The van der Waals surface area contributed by atoms with Crippen molar-refractivity contribution in [1.82, 2.24) is 10.9 Å². The summed E-state index contributed by atoms with van der Waals surface area (Å²) in [6.45, 7) is 0. The van der Waals surface area contributed by atoms with Crippen LogP contribution in [0.3, 0.4) is 0 Å². The Labute approximate surface area is 143 Å². The number of carbonyl (C=O) groups is 2. The van der Waals surface area contributed by atoms with Crippen molar-refractivity contribution < 1.29 is 23.5 Å². The molecule has 1 heterocycles. The van der Waals surface area contributed by atoms with Crippen LogP contribution in [0.4, 0.5) is 0 Å². The molecule has 24 heavy (non-hydrogen) atoms. The number of furan rings is 1. The van der Waals surface area contributed by atoms with E-state index < -0.39 is 11.8 Å². The van der Waals surface area contributed by atoms with Crippen LogP contribution in [0, 0.1) is 0 Å². The van der Waals surface area contributed by atoms with Gasteiger partial charge in [-0.25, -0.2) is 0 Å². The lowest BCUT2D eigenvalue weighted by molar-refractivity contribution is -0.117. The summed E-state index contributed by atoms with van der Waals surface area (Å²) in [5.41, 5.74) is 5.08. The van der Waals surface area contributed by atoms with Crippen LogP contribution in [0.25, 0.3) is 6.08 Å². The lowest BCUT2D eigenvalue weighted by atomic mass is 10.2. The summed E-state index contributed by atoms with van der Waals surface area (Å²) < 4.78 is 15.2. The first-order chi connectivity index (χ1) is 11.5. The fourth-order valence-electron chi connectivity index (χ4n) is 1.84. The van der Waals surface area contributed by atoms with Crippen molar-refractivity contribution >= 4 is 29.5 Å². The molecule has 126 valence electrons. The van der Waals surface area contributed by atoms with Crippen LogP contribution in [0.15, 0.2) is 41.0 Å². The van der Waals surface area contributed by atoms with E-state index in [9.17, 15) is 9.59 Å². The number of halogens is 1. The first-order valence-corrected chi connectivity index (χ1v) is 7.16. The molecule has 0 spiro atoms. The van der Waals surface area contributed by atoms with Crippen LogP contribution >= 0.6 is 11.6 Å². The van der Waals surface area contributed by atoms with Crippen molar-refractivity contribution in [2.75, 3.05) is 14.2 Å². The lowest BCUT2D eigenvalue weighted by Crippen LogP contribution is -2.40. The number of hydrogen-bond acceptors (Lipinski definition) is 5. The van der Waals surface area contributed by atoms with Crippen LogP contribution < -0.4 is 20.3 Å². The third-order valence-electron chi connectivity index (χ3n) is 2.93. The molecule has 0 fully saturated rings. The van der Waals surface area contributed by atoms with E-state index in [0.717, 1.165) is 0 Å². The number of methoxy groups -OCH3 is 2. The molecule has 0 bridgehead atoms. The van der Waals surface area contributed by atoms with Gasteiger partial charge in [0.1, 0.15) is 0 Å². The van der Waals surface area contributed by atoms with Gasteiger partial charge < -0.3 is 13.9 Å². The minimum atomic E-state index is -0.559. The van der Waals surface area contributed by atoms with E-state index in [-0.39, 0.29) is 5.76 Å². The van der Waals surface area contributed by atoms with Gasteiger partial charge in [0.05, 0.1) is 25.5 Å². The molecule has 0 unspecified atom stereocenters. The number of carbonyl (C=O) groups excluding carboxylic acids is 2.